The molecular formula is C16H11ClN6S. The molecule has 0 saturated carbocycles. The number of halogens is 1. The molecule has 0 bridgehead atoms. The van der Waals surface area contributed by atoms with Crippen molar-refractivity contribution in [3.8, 4) is 0 Å². The Balaban J connectivity index is 1.72. The SMILES string of the molecule is Clc1cccnc1Sc1ccc2ncnc(Nc3ccn[nH]3)c2c1. The summed E-state index contributed by atoms with van der Waals surface area (Å²) in [4.78, 5) is 13.9. The van der Waals surface area contributed by atoms with E-state index in [4.69, 9.17) is 11.6 Å². The summed E-state index contributed by atoms with van der Waals surface area (Å²) < 4.78 is 0. The van der Waals surface area contributed by atoms with Gasteiger partial charge in [0.05, 0.1) is 16.7 Å². The van der Waals surface area contributed by atoms with E-state index in [0.717, 1.165) is 26.6 Å². The van der Waals surface area contributed by atoms with Crippen LogP contribution in [0, 0.1) is 0 Å². The maximum atomic E-state index is 6.19. The van der Waals surface area contributed by atoms with Crippen LogP contribution in [0.1, 0.15) is 0 Å². The highest BCUT2D eigenvalue weighted by Gasteiger charge is 2.09. The average Bonchev–Trinajstić information content (AvgIpc) is 3.11. The van der Waals surface area contributed by atoms with E-state index in [1.54, 1.807) is 12.4 Å². The molecule has 0 aliphatic rings. The second-order valence-electron chi connectivity index (χ2n) is 4.89. The van der Waals surface area contributed by atoms with E-state index in [0.29, 0.717) is 10.8 Å². The highest BCUT2D eigenvalue weighted by molar-refractivity contribution is 7.99. The second-order valence-corrected chi connectivity index (χ2v) is 6.36. The van der Waals surface area contributed by atoms with Gasteiger partial charge in [0.25, 0.3) is 0 Å². The van der Waals surface area contributed by atoms with Crippen molar-refractivity contribution in [2.24, 2.45) is 0 Å². The number of fused-ring (bicyclic) bond motifs is 1. The molecule has 4 aromatic rings. The van der Waals surface area contributed by atoms with Gasteiger partial charge in [-0.05, 0) is 30.3 Å². The molecule has 3 heterocycles. The third-order valence-electron chi connectivity index (χ3n) is 3.30. The molecule has 6 nitrogen and oxygen atoms in total. The van der Waals surface area contributed by atoms with E-state index < -0.39 is 0 Å². The van der Waals surface area contributed by atoms with Gasteiger partial charge in [0, 0.05) is 22.5 Å². The summed E-state index contributed by atoms with van der Waals surface area (Å²) in [6.07, 6.45) is 4.93. The fourth-order valence-electron chi connectivity index (χ4n) is 2.21. The first kappa shape index (κ1) is 14.9. The number of H-pyrrole nitrogens is 1. The first-order valence-corrected chi connectivity index (χ1v) is 8.28. The number of nitrogens with zero attached hydrogens (tertiary/aromatic N) is 4. The summed E-state index contributed by atoms with van der Waals surface area (Å²) >= 11 is 7.69. The van der Waals surface area contributed by atoms with Crippen molar-refractivity contribution in [3.05, 3.63) is 60.1 Å². The van der Waals surface area contributed by atoms with Gasteiger partial charge in [-0.15, -0.1) is 0 Å². The number of hydrogen-bond donors (Lipinski definition) is 2. The predicted molar refractivity (Wildman–Crippen MR) is 94.8 cm³/mol. The molecule has 118 valence electrons. The van der Waals surface area contributed by atoms with E-state index in [9.17, 15) is 0 Å². The molecular weight excluding hydrogens is 344 g/mol. The number of anilines is 2. The van der Waals surface area contributed by atoms with Gasteiger partial charge in [-0.25, -0.2) is 15.0 Å². The lowest BCUT2D eigenvalue weighted by Crippen LogP contribution is -1.96. The Kier molecular flexibility index (Phi) is 4.02. The molecule has 24 heavy (non-hydrogen) atoms. The monoisotopic (exact) mass is 354 g/mol. The molecule has 3 aromatic heterocycles. The Morgan fingerprint density at radius 2 is 2.00 bits per heavy atom. The maximum Gasteiger partial charge on any atom is 0.142 e. The zero-order chi connectivity index (χ0) is 16.4. The van der Waals surface area contributed by atoms with Crippen molar-refractivity contribution in [1.29, 1.82) is 0 Å². The van der Waals surface area contributed by atoms with Gasteiger partial charge >= 0.3 is 0 Å². The van der Waals surface area contributed by atoms with Crippen LogP contribution >= 0.6 is 23.4 Å². The lowest BCUT2D eigenvalue weighted by molar-refractivity contribution is 1.09. The van der Waals surface area contributed by atoms with Crippen molar-refractivity contribution in [2.45, 2.75) is 9.92 Å². The van der Waals surface area contributed by atoms with Crippen molar-refractivity contribution in [1.82, 2.24) is 25.1 Å². The second kappa shape index (κ2) is 6.46. The van der Waals surface area contributed by atoms with Crippen LogP contribution in [0.4, 0.5) is 11.6 Å². The lowest BCUT2D eigenvalue weighted by atomic mass is 10.2. The van der Waals surface area contributed by atoms with Gasteiger partial charge in [0.1, 0.15) is 23.0 Å². The fourth-order valence-corrected chi connectivity index (χ4v) is 3.26. The highest BCUT2D eigenvalue weighted by Crippen LogP contribution is 2.34. The minimum atomic E-state index is 0.628. The highest BCUT2D eigenvalue weighted by atomic mass is 35.5. The number of hydrogen-bond acceptors (Lipinski definition) is 6. The number of aromatic amines is 1. The number of benzene rings is 1. The Hall–Kier alpha value is -2.64. The molecule has 0 spiro atoms. The Morgan fingerprint density at radius 1 is 1.04 bits per heavy atom. The summed E-state index contributed by atoms with van der Waals surface area (Å²) in [5.41, 5.74) is 0.850. The molecule has 0 fully saturated rings. The van der Waals surface area contributed by atoms with Crippen molar-refractivity contribution in [2.75, 3.05) is 5.32 Å². The molecule has 0 radical (unpaired) electrons. The van der Waals surface area contributed by atoms with E-state index in [2.05, 4.69) is 30.5 Å². The van der Waals surface area contributed by atoms with E-state index in [1.165, 1.54) is 18.1 Å². The number of aromatic nitrogens is 5. The summed E-state index contributed by atoms with van der Waals surface area (Å²) in [6, 6.07) is 11.4. The molecule has 0 aliphatic carbocycles. The van der Waals surface area contributed by atoms with Crippen molar-refractivity contribution >= 4 is 45.9 Å². The lowest BCUT2D eigenvalue weighted by Gasteiger charge is -2.08. The van der Waals surface area contributed by atoms with Gasteiger partial charge in [-0.2, -0.15) is 5.10 Å². The largest absolute Gasteiger partial charge is 0.325 e. The van der Waals surface area contributed by atoms with E-state index in [-0.39, 0.29) is 0 Å². The number of pyridine rings is 1. The normalized spacial score (nSPS) is 10.9. The summed E-state index contributed by atoms with van der Waals surface area (Å²) in [7, 11) is 0. The molecule has 0 amide bonds. The summed E-state index contributed by atoms with van der Waals surface area (Å²) in [5.74, 6) is 1.47. The van der Waals surface area contributed by atoms with E-state index in [1.807, 2.05) is 36.4 Å². The van der Waals surface area contributed by atoms with Crippen LogP contribution in [0.2, 0.25) is 5.02 Å². The van der Waals surface area contributed by atoms with Crippen LogP contribution in [0.3, 0.4) is 0 Å². The van der Waals surface area contributed by atoms with Gasteiger partial charge < -0.3 is 5.32 Å². The standard InChI is InChI=1S/C16H11ClN6S/c17-12-2-1-6-18-16(12)24-10-3-4-13-11(8-10)15(20-9-19-13)22-14-5-7-21-23-14/h1-9H,(H2,19,20,21,22,23). The van der Waals surface area contributed by atoms with E-state index >= 15 is 0 Å². The Labute approximate surface area is 146 Å². The van der Waals surface area contributed by atoms with Crippen LogP contribution in [-0.2, 0) is 0 Å². The van der Waals surface area contributed by atoms with Crippen LogP contribution < -0.4 is 5.32 Å². The number of rotatable bonds is 4. The zero-order valence-corrected chi connectivity index (χ0v) is 13.8. The maximum absolute atomic E-state index is 6.19. The van der Waals surface area contributed by atoms with Gasteiger partial charge in [-0.1, -0.05) is 23.4 Å². The molecule has 0 atom stereocenters. The molecule has 8 heteroatoms. The molecule has 0 aliphatic heterocycles. The molecule has 0 unspecified atom stereocenters. The van der Waals surface area contributed by atoms with Crippen LogP contribution in [0.15, 0.2) is 65.0 Å². The first-order valence-electron chi connectivity index (χ1n) is 7.09. The quantitative estimate of drug-likeness (QED) is 0.569. The third kappa shape index (κ3) is 3.04. The molecule has 1 aromatic carbocycles. The predicted octanol–water partition coefficient (Wildman–Crippen LogP) is 4.30. The summed E-state index contributed by atoms with van der Waals surface area (Å²) in [6.45, 7) is 0. The first-order chi connectivity index (χ1) is 11.8. The molecule has 0 saturated heterocycles. The third-order valence-corrected chi connectivity index (χ3v) is 4.73. The molecule has 2 N–H and O–H groups in total. The van der Waals surface area contributed by atoms with Gasteiger partial charge in [-0.3, -0.25) is 5.10 Å². The average molecular weight is 355 g/mol. The topological polar surface area (TPSA) is 79.4 Å². The summed E-state index contributed by atoms with van der Waals surface area (Å²) in [5, 5.41) is 12.3. The van der Waals surface area contributed by atoms with Crippen molar-refractivity contribution in [3.63, 3.8) is 0 Å². The smallest absolute Gasteiger partial charge is 0.142 e. The van der Waals surface area contributed by atoms with Crippen LogP contribution in [0.5, 0.6) is 0 Å². The van der Waals surface area contributed by atoms with Crippen molar-refractivity contribution < 1.29 is 0 Å². The zero-order valence-electron chi connectivity index (χ0n) is 12.3. The number of nitrogens with one attached hydrogen (secondary N) is 2. The van der Waals surface area contributed by atoms with Crippen LogP contribution in [-0.4, -0.2) is 25.1 Å². The minimum absolute atomic E-state index is 0.628. The van der Waals surface area contributed by atoms with Crippen LogP contribution in [0.25, 0.3) is 10.9 Å². The Bertz CT molecular complexity index is 989. The van der Waals surface area contributed by atoms with Gasteiger partial charge in [0.15, 0.2) is 0 Å². The molecule has 4 rings (SSSR count). The minimum Gasteiger partial charge on any atom is -0.325 e. The Morgan fingerprint density at radius 3 is 2.83 bits per heavy atom. The fraction of sp³-hybridized carbons (Fsp3) is 0. The van der Waals surface area contributed by atoms with Gasteiger partial charge in [0.2, 0.25) is 0 Å².